The van der Waals surface area contributed by atoms with Crippen molar-refractivity contribution in [2.75, 3.05) is 0 Å². The molecular weight excluding hydrogens is 192 g/mol. The number of aromatic amines is 2. The molecular formula is C4H10N8O2-2. The van der Waals surface area contributed by atoms with Gasteiger partial charge in [0, 0.05) is 0 Å². The smallest absolute Gasteiger partial charge is 0.171 e. The molecule has 2 aromatic rings. The predicted octanol–water partition coefficient (Wildman–Crippen LogP) is -1.93. The van der Waals surface area contributed by atoms with E-state index in [-0.39, 0.29) is 11.0 Å². The van der Waals surface area contributed by atoms with E-state index in [1.165, 1.54) is 0 Å². The number of hydrogen-bond donors (Lipinski definition) is 2. The van der Waals surface area contributed by atoms with Gasteiger partial charge in [0.1, 0.15) is 0 Å². The number of hydrogen-bond acceptors (Lipinski definition) is 6. The zero-order valence-electron chi connectivity index (χ0n) is 7.59. The monoisotopic (exact) mass is 202 g/mol. The first-order chi connectivity index (χ1) is 5.79. The normalized spacial score (nSPS) is 7.57. The van der Waals surface area contributed by atoms with Crippen LogP contribution >= 0.6 is 0 Å². The molecule has 0 spiro atoms. The van der Waals surface area contributed by atoms with E-state index in [9.17, 15) is 0 Å². The summed E-state index contributed by atoms with van der Waals surface area (Å²) in [6, 6.07) is 0. The number of H-pyrrole nitrogens is 2. The van der Waals surface area contributed by atoms with Crippen molar-refractivity contribution < 1.29 is 11.0 Å². The predicted molar refractivity (Wildman–Crippen MR) is 42.1 cm³/mol. The topological polar surface area (TPSA) is 169 Å². The highest BCUT2D eigenvalue weighted by Gasteiger charge is 1.78. The summed E-state index contributed by atoms with van der Waals surface area (Å²) in [5.74, 6) is 1.35. The number of nitrogens with one attached hydrogen (secondary N) is 2. The molecule has 0 unspecified atom stereocenters. The molecule has 0 atom stereocenters. The number of aryl methyl sites for hydroxylation is 2. The van der Waals surface area contributed by atoms with E-state index in [0.29, 0.717) is 11.6 Å². The maximum atomic E-state index is 3.57. The lowest BCUT2D eigenvalue weighted by molar-refractivity contribution is 0.686. The van der Waals surface area contributed by atoms with Gasteiger partial charge in [0.2, 0.25) is 0 Å². The fourth-order valence-corrected chi connectivity index (χ4v) is 0.424. The van der Waals surface area contributed by atoms with Crippen molar-refractivity contribution in [2.24, 2.45) is 0 Å². The third-order valence-corrected chi connectivity index (χ3v) is 0.902. The minimum absolute atomic E-state index is 0. The highest BCUT2D eigenvalue weighted by atomic mass is 16.0. The van der Waals surface area contributed by atoms with Crippen molar-refractivity contribution in [1.82, 2.24) is 41.2 Å². The van der Waals surface area contributed by atoms with Gasteiger partial charge in [-0.25, -0.2) is 0 Å². The summed E-state index contributed by atoms with van der Waals surface area (Å²) in [6.45, 7) is 3.53. The highest BCUT2D eigenvalue weighted by Crippen LogP contribution is 1.69. The number of rotatable bonds is 0. The summed E-state index contributed by atoms with van der Waals surface area (Å²) in [5.41, 5.74) is 0. The van der Waals surface area contributed by atoms with Crippen LogP contribution in [0.5, 0.6) is 0 Å². The van der Waals surface area contributed by atoms with Gasteiger partial charge < -0.3 is 11.0 Å². The molecule has 0 aromatic carbocycles. The highest BCUT2D eigenvalue weighted by molar-refractivity contribution is 4.64. The number of nitrogens with zero attached hydrogens (tertiary/aromatic N) is 6. The summed E-state index contributed by atoms with van der Waals surface area (Å²) in [7, 11) is 0. The Balaban J connectivity index is 0. The Kier molecular flexibility index (Phi) is 8.01. The second kappa shape index (κ2) is 7.70. The van der Waals surface area contributed by atoms with Crippen LogP contribution in [0.2, 0.25) is 0 Å². The Labute approximate surface area is 78.7 Å². The minimum Gasteiger partial charge on any atom is -2.00 e. The van der Waals surface area contributed by atoms with Crippen molar-refractivity contribution in [3.8, 4) is 0 Å². The van der Waals surface area contributed by atoms with Gasteiger partial charge in [-0.05, 0) is 13.8 Å². The van der Waals surface area contributed by atoms with Crippen molar-refractivity contribution >= 4 is 0 Å². The summed E-state index contributed by atoms with van der Waals surface area (Å²) in [5, 5.41) is 25.4. The first kappa shape index (κ1) is 14.6. The van der Waals surface area contributed by atoms with Crippen LogP contribution in [0.25, 0.3) is 0 Å². The molecule has 4 N–H and O–H groups in total. The maximum Gasteiger partial charge on any atom is 0.171 e. The van der Waals surface area contributed by atoms with Gasteiger partial charge in [-0.3, -0.25) is 0 Å². The largest absolute Gasteiger partial charge is 2.00 e. The lowest BCUT2D eigenvalue weighted by Gasteiger charge is -2.00. The van der Waals surface area contributed by atoms with Crippen LogP contribution in [-0.2, 0) is 5.48 Å². The maximum absolute atomic E-state index is 3.57. The van der Waals surface area contributed by atoms with E-state index in [1.807, 2.05) is 0 Å². The van der Waals surface area contributed by atoms with Gasteiger partial charge in [-0.2, -0.15) is 10.4 Å². The molecule has 2 rings (SSSR count). The van der Waals surface area contributed by atoms with Crippen LogP contribution in [0.3, 0.4) is 0 Å². The molecule has 0 aliphatic carbocycles. The Hall–Kier alpha value is -1.94. The molecule has 2 heterocycles. The van der Waals surface area contributed by atoms with E-state index < -0.39 is 0 Å². The molecule has 0 saturated heterocycles. The summed E-state index contributed by atoms with van der Waals surface area (Å²) in [4.78, 5) is 0. The van der Waals surface area contributed by atoms with Crippen molar-refractivity contribution in [2.45, 2.75) is 13.8 Å². The second-order valence-electron chi connectivity index (χ2n) is 1.92. The zero-order chi connectivity index (χ0) is 8.81. The van der Waals surface area contributed by atoms with Gasteiger partial charge in [0.25, 0.3) is 0 Å². The van der Waals surface area contributed by atoms with Crippen LogP contribution in [0.4, 0.5) is 0 Å². The Morgan fingerprint density at radius 1 is 0.857 bits per heavy atom. The van der Waals surface area contributed by atoms with Gasteiger partial charge in [-0.1, -0.05) is 10.4 Å². The molecule has 0 bridgehead atoms. The third kappa shape index (κ3) is 5.68. The Bertz CT molecular complexity index is 259. The Morgan fingerprint density at radius 2 is 1.21 bits per heavy atom. The quantitative estimate of drug-likeness (QED) is 0.503. The summed E-state index contributed by atoms with van der Waals surface area (Å²) >= 11 is 0. The fourth-order valence-electron chi connectivity index (χ4n) is 0.424. The lowest BCUT2D eigenvalue weighted by Crippen LogP contribution is -1.69. The van der Waals surface area contributed by atoms with Gasteiger partial charge >= 0.3 is 0 Å². The molecule has 0 fully saturated rings. The van der Waals surface area contributed by atoms with Crippen LogP contribution < -0.4 is 0 Å². The lowest BCUT2D eigenvalue weighted by atomic mass is 10.8. The average molecular weight is 202 g/mol. The van der Waals surface area contributed by atoms with E-state index in [2.05, 4.69) is 41.2 Å². The second-order valence-corrected chi connectivity index (χ2v) is 1.92. The minimum atomic E-state index is 0. The van der Waals surface area contributed by atoms with Crippen LogP contribution in [-0.4, -0.2) is 46.7 Å². The molecule has 10 nitrogen and oxygen atoms in total. The fraction of sp³-hybridized carbons (Fsp3) is 0.500. The SMILES string of the molecule is Cc1nn[nH]n1.Cc1nn[nH]n1.O.[O-2]. The molecule has 0 aliphatic heterocycles. The molecule has 10 heteroatoms. The first-order valence-corrected chi connectivity index (χ1v) is 3.19. The third-order valence-electron chi connectivity index (χ3n) is 0.902. The van der Waals surface area contributed by atoms with Crippen LogP contribution in [0.1, 0.15) is 11.6 Å². The Morgan fingerprint density at radius 3 is 1.29 bits per heavy atom. The molecule has 0 aliphatic rings. The van der Waals surface area contributed by atoms with Crippen molar-refractivity contribution in [3.05, 3.63) is 11.6 Å². The van der Waals surface area contributed by atoms with E-state index >= 15 is 0 Å². The molecule has 0 saturated carbocycles. The standard InChI is InChI=1S/2C2H4N4.H2O.O/c2*1-2-3-5-6-4-2;;/h2*1H3,(H,3,4,5,6);1H2;/q;;;-2. The molecule has 2 aromatic heterocycles. The first-order valence-electron chi connectivity index (χ1n) is 3.19. The number of tetrazole rings is 2. The summed E-state index contributed by atoms with van der Waals surface area (Å²) in [6.07, 6.45) is 0. The van der Waals surface area contributed by atoms with E-state index in [1.54, 1.807) is 13.8 Å². The average Bonchev–Trinajstić information content (AvgIpc) is 2.63. The van der Waals surface area contributed by atoms with E-state index in [4.69, 9.17) is 0 Å². The summed E-state index contributed by atoms with van der Waals surface area (Å²) < 4.78 is 0. The number of aromatic nitrogens is 8. The van der Waals surface area contributed by atoms with Crippen LogP contribution in [0, 0.1) is 13.8 Å². The van der Waals surface area contributed by atoms with Crippen molar-refractivity contribution in [3.63, 3.8) is 0 Å². The molecule has 80 valence electrons. The van der Waals surface area contributed by atoms with Crippen molar-refractivity contribution in [1.29, 1.82) is 0 Å². The van der Waals surface area contributed by atoms with Gasteiger partial charge in [-0.15, -0.1) is 20.4 Å². The molecule has 0 amide bonds. The van der Waals surface area contributed by atoms with Gasteiger partial charge in [0.15, 0.2) is 11.6 Å². The van der Waals surface area contributed by atoms with Crippen LogP contribution in [0.15, 0.2) is 0 Å². The molecule has 14 heavy (non-hydrogen) atoms. The molecule has 0 radical (unpaired) electrons. The van der Waals surface area contributed by atoms with E-state index in [0.717, 1.165) is 0 Å². The van der Waals surface area contributed by atoms with Gasteiger partial charge in [0.05, 0.1) is 0 Å². The zero-order valence-corrected chi connectivity index (χ0v) is 7.59.